The third kappa shape index (κ3) is 4.84. The normalized spacial score (nSPS) is 12.0. The molecule has 2 N–H and O–H groups in total. The summed E-state index contributed by atoms with van der Waals surface area (Å²) >= 11 is 0. The molecule has 0 fully saturated rings. The number of aryl methyl sites for hydroxylation is 3. The van der Waals surface area contributed by atoms with Gasteiger partial charge in [0, 0.05) is 22.6 Å². The summed E-state index contributed by atoms with van der Waals surface area (Å²) in [6, 6.07) is 11.7. The Morgan fingerprint density at radius 3 is 2.45 bits per heavy atom. The minimum Gasteiger partial charge on any atom is -0.346 e. The van der Waals surface area contributed by atoms with Crippen LogP contribution < -0.4 is 5.32 Å². The highest BCUT2D eigenvalue weighted by atomic mass is 16.1. The highest BCUT2D eigenvalue weighted by molar-refractivity contribution is 5.79. The Morgan fingerprint density at radius 1 is 1.09 bits per heavy atom. The summed E-state index contributed by atoms with van der Waals surface area (Å²) in [5.41, 5.74) is 6.29. The van der Waals surface area contributed by atoms with Crippen LogP contribution in [0.4, 0.5) is 0 Å². The van der Waals surface area contributed by atoms with Gasteiger partial charge >= 0.3 is 0 Å². The summed E-state index contributed by atoms with van der Waals surface area (Å²) in [5, 5.41) is 7.72. The van der Waals surface area contributed by atoms with Gasteiger partial charge in [-0.25, -0.2) is 19.6 Å². The van der Waals surface area contributed by atoms with Gasteiger partial charge < -0.3 is 10.3 Å². The van der Waals surface area contributed by atoms with Gasteiger partial charge in [0.1, 0.15) is 5.82 Å². The maximum absolute atomic E-state index is 13.0. The number of nitrogens with one attached hydrogen (secondary N) is 2. The number of benzene rings is 1. The fourth-order valence-corrected chi connectivity index (χ4v) is 3.98. The van der Waals surface area contributed by atoms with E-state index in [1.807, 2.05) is 77.2 Å². The molecule has 0 saturated heterocycles. The van der Waals surface area contributed by atoms with Crippen molar-refractivity contribution in [3.8, 4) is 17.2 Å². The van der Waals surface area contributed by atoms with Gasteiger partial charge in [-0.15, -0.1) is 0 Å². The molecule has 4 aromatic rings. The largest absolute Gasteiger partial charge is 0.346 e. The number of aromatic nitrogens is 6. The van der Waals surface area contributed by atoms with E-state index in [0.29, 0.717) is 5.95 Å². The topological polar surface area (TPSA) is 101 Å². The van der Waals surface area contributed by atoms with Crippen molar-refractivity contribution in [1.29, 1.82) is 0 Å². The number of carbonyl (C=O) groups is 1. The van der Waals surface area contributed by atoms with Crippen molar-refractivity contribution in [3.63, 3.8) is 0 Å². The predicted octanol–water partition coefficient (Wildman–Crippen LogP) is 4.10. The second-order valence-electron chi connectivity index (χ2n) is 8.27. The lowest BCUT2D eigenvalue weighted by atomic mass is 10.1. The van der Waals surface area contributed by atoms with Gasteiger partial charge in [-0.3, -0.25) is 4.79 Å². The van der Waals surface area contributed by atoms with E-state index in [1.54, 1.807) is 4.68 Å². The molecule has 33 heavy (non-hydrogen) atoms. The zero-order valence-electron chi connectivity index (χ0n) is 19.7. The van der Waals surface area contributed by atoms with Crippen molar-refractivity contribution >= 4 is 5.91 Å². The number of amides is 1. The summed E-state index contributed by atoms with van der Waals surface area (Å²) in [6.45, 7) is 9.74. The van der Waals surface area contributed by atoms with E-state index in [4.69, 9.17) is 0 Å². The third-order valence-electron chi connectivity index (χ3n) is 5.69. The van der Waals surface area contributed by atoms with E-state index in [0.717, 1.165) is 51.8 Å². The van der Waals surface area contributed by atoms with Crippen molar-refractivity contribution in [1.82, 2.24) is 35.0 Å². The van der Waals surface area contributed by atoms with Crippen LogP contribution in [0.1, 0.15) is 53.5 Å². The van der Waals surface area contributed by atoms with Crippen LogP contribution in [0.5, 0.6) is 0 Å². The van der Waals surface area contributed by atoms with Crippen LogP contribution in [0, 0.1) is 27.7 Å². The van der Waals surface area contributed by atoms with E-state index >= 15 is 0 Å². The van der Waals surface area contributed by atoms with Crippen LogP contribution in [-0.4, -0.2) is 35.6 Å². The van der Waals surface area contributed by atoms with E-state index in [9.17, 15) is 4.79 Å². The van der Waals surface area contributed by atoms with Crippen molar-refractivity contribution < 1.29 is 4.79 Å². The molecule has 3 aromatic heterocycles. The summed E-state index contributed by atoms with van der Waals surface area (Å²) in [6.07, 6.45) is 2.76. The van der Waals surface area contributed by atoms with Crippen molar-refractivity contribution in [2.45, 2.75) is 53.5 Å². The molecular formula is C25H29N7O. The van der Waals surface area contributed by atoms with Crippen LogP contribution in [-0.2, 0) is 11.2 Å². The standard InChI is InChI=1S/C25H29N7O/c1-6-21(24-26-14-22(30-24)19-10-8-7-9-11-19)29-23(33)13-20-17(4)31-32(18(20)5)25-27-15(2)12-16(3)28-25/h7-12,14,21H,6,13H2,1-5H3,(H,26,30)(H,29,33). The number of imidazole rings is 1. The average molecular weight is 444 g/mol. The summed E-state index contributed by atoms with van der Waals surface area (Å²) in [5.74, 6) is 1.19. The van der Waals surface area contributed by atoms with Gasteiger partial charge in [0.25, 0.3) is 5.95 Å². The fraction of sp³-hybridized carbons (Fsp3) is 0.320. The molecule has 0 aliphatic rings. The Bertz CT molecular complexity index is 1250. The molecule has 1 amide bonds. The zero-order chi connectivity index (χ0) is 23.5. The van der Waals surface area contributed by atoms with Crippen LogP contribution in [0.2, 0.25) is 0 Å². The Balaban J connectivity index is 1.50. The molecule has 4 rings (SSSR count). The Hall–Kier alpha value is -3.81. The molecule has 0 aliphatic carbocycles. The monoisotopic (exact) mass is 443 g/mol. The third-order valence-corrected chi connectivity index (χ3v) is 5.69. The van der Waals surface area contributed by atoms with Gasteiger partial charge in [0.15, 0.2) is 0 Å². The molecule has 3 heterocycles. The SMILES string of the molecule is CCC(NC(=O)Cc1c(C)nn(-c2nc(C)cc(C)n2)c1C)c1ncc(-c2ccccc2)[nH]1. The van der Waals surface area contributed by atoms with Gasteiger partial charge in [-0.1, -0.05) is 37.3 Å². The quantitative estimate of drug-likeness (QED) is 0.448. The lowest BCUT2D eigenvalue weighted by molar-refractivity contribution is -0.121. The number of H-pyrrole nitrogens is 1. The molecule has 0 bridgehead atoms. The van der Waals surface area contributed by atoms with E-state index < -0.39 is 0 Å². The summed E-state index contributed by atoms with van der Waals surface area (Å²) in [4.78, 5) is 29.8. The minimum atomic E-state index is -0.201. The van der Waals surface area contributed by atoms with E-state index in [-0.39, 0.29) is 18.4 Å². The first-order valence-corrected chi connectivity index (χ1v) is 11.1. The second-order valence-corrected chi connectivity index (χ2v) is 8.27. The zero-order valence-corrected chi connectivity index (χ0v) is 19.7. The number of hydrogen-bond donors (Lipinski definition) is 2. The molecule has 8 nitrogen and oxygen atoms in total. The molecule has 1 aromatic carbocycles. The van der Waals surface area contributed by atoms with Crippen LogP contribution >= 0.6 is 0 Å². The summed E-state index contributed by atoms with van der Waals surface area (Å²) < 4.78 is 1.72. The van der Waals surface area contributed by atoms with Crippen LogP contribution in [0.15, 0.2) is 42.6 Å². The van der Waals surface area contributed by atoms with Crippen LogP contribution in [0.3, 0.4) is 0 Å². The maximum Gasteiger partial charge on any atom is 0.251 e. The first-order valence-electron chi connectivity index (χ1n) is 11.1. The lowest BCUT2D eigenvalue weighted by Crippen LogP contribution is -2.30. The molecule has 0 spiro atoms. The number of aromatic amines is 1. The highest BCUT2D eigenvalue weighted by Gasteiger charge is 2.21. The van der Waals surface area contributed by atoms with E-state index in [1.165, 1.54) is 0 Å². The number of carbonyl (C=O) groups excluding carboxylic acids is 1. The Kier molecular flexibility index (Phi) is 6.35. The first kappa shape index (κ1) is 22.4. The summed E-state index contributed by atoms with van der Waals surface area (Å²) in [7, 11) is 0. The van der Waals surface area contributed by atoms with Crippen molar-refractivity contribution in [2.75, 3.05) is 0 Å². The lowest BCUT2D eigenvalue weighted by Gasteiger charge is -2.15. The van der Waals surface area contributed by atoms with Gasteiger partial charge in [0.2, 0.25) is 5.91 Å². The molecule has 0 aliphatic heterocycles. The van der Waals surface area contributed by atoms with Crippen LogP contribution in [0.25, 0.3) is 17.2 Å². The van der Waals surface area contributed by atoms with Crippen molar-refractivity contribution in [2.24, 2.45) is 0 Å². The smallest absolute Gasteiger partial charge is 0.251 e. The molecule has 170 valence electrons. The minimum absolute atomic E-state index is 0.0772. The van der Waals surface area contributed by atoms with Gasteiger partial charge in [0.05, 0.1) is 30.0 Å². The number of hydrogen-bond acceptors (Lipinski definition) is 5. The highest BCUT2D eigenvalue weighted by Crippen LogP contribution is 2.21. The van der Waals surface area contributed by atoms with Gasteiger partial charge in [-0.2, -0.15) is 5.10 Å². The van der Waals surface area contributed by atoms with E-state index in [2.05, 4.69) is 30.4 Å². The fourth-order valence-electron chi connectivity index (χ4n) is 3.98. The first-order chi connectivity index (χ1) is 15.9. The van der Waals surface area contributed by atoms with Crippen molar-refractivity contribution in [3.05, 3.63) is 76.8 Å². The Morgan fingerprint density at radius 2 is 1.79 bits per heavy atom. The molecule has 0 radical (unpaired) electrons. The molecule has 8 heteroatoms. The predicted molar refractivity (Wildman–Crippen MR) is 127 cm³/mol. The number of nitrogens with zero attached hydrogens (tertiary/aromatic N) is 5. The maximum atomic E-state index is 13.0. The molecule has 0 saturated carbocycles. The van der Waals surface area contributed by atoms with Gasteiger partial charge in [-0.05, 0) is 45.7 Å². The average Bonchev–Trinajstić information content (AvgIpc) is 3.38. The molecule has 1 unspecified atom stereocenters. The Labute approximate surface area is 193 Å². The molecule has 1 atom stereocenters. The molecular weight excluding hydrogens is 414 g/mol. The second kappa shape index (κ2) is 9.36. The number of rotatable bonds is 7.